The molecule has 116 valence electrons. The van der Waals surface area contributed by atoms with Gasteiger partial charge in [-0.25, -0.2) is 0 Å². The summed E-state index contributed by atoms with van der Waals surface area (Å²) in [5.41, 5.74) is 6.11. The number of rotatable bonds is 4. The van der Waals surface area contributed by atoms with Gasteiger partial charge in [-0.1, -0.05) is 18.2 Å². The number of nitro groups is 1. The van der Waals surface area contributed by atoms with Gasteiger partial charge in [0, 0.05) is 24.2 Å². The van der Waals surface area contributed by atoms with Crippen molar-refractivity contribution in [1.29, 1.82) is 0 Å². The first kappa shape index (κ1) is 17.4. The van der Waals surface area contributed by atoms with Crippen molar-refractivity contribution in [1.82, 2.24) is 4.90 Å². The first-order valence-electron chi connectivity index (χ1n) is 6.74. The van der Waals surface area contributed by atoms with Crippen LogP contribution in [0.25, 0.3) is 0 Å². The van der Waals surface area contributed by atoms with Crippen LogP contribution < -0.4 is 5.73 Å². The number of para-hydroxylation sites is 1. The normalized spacial score (nSPS) is 21.0. The fourth-order valence-electron chi connectivity index (χ4n) is 2.76. The van der Waals surface area contributed by atoms with Crippen molar-refractivity contribution in [2.45, 2.75) is 25.8 Å². The van der Waals surface area contributed by atoms with Crippen molar-refractivity contribution < 1.29 is 9.72 Å². The summed E-state index contributed by atoms with van der Waals surface area (Å²) in [6.07, 6.45) is 0.970. The van der Waals surface area contributed by atoms with Gasteiger partial charge in [0.25, 0.3) is 5.69 Å². The number of nitrogens with two attached hydrogens (primary N) is 1. The van der Waals surface area contributed by atoms with Crippen LogP contribution in [0.3, 0.4) is 0 Å². The summed E-state index contributed by atoms with van der Waals surface area (Å²) in [4.78, 5) is 24.6. The highest BCUT2D eigenvalue weighted by atomic mass is 35.5. The fourth-order valence-corrected chi connectivity index (χ4v) is 2.76. The monoisotopic (exact) mass is 313 g/mol. The molecular formula is C14H20ClN3O3. The first-order chi connectivity index (χ1) is 9.52. The maximum absolute atomic E-state index is 12.3. The number of carbonyl (C=O) groups is 1. The number of hydrogen-bond donors (Lipinski definition) is 1. The van der Waals surface area contributed by atoms with Gasteiger partial charge in [-0.3, -0.25) is 14.9 Å². The number of benzene rings is 1. The molecule has 2 atom stereocenters. The lowest BCUT2D eigenvalue weighted by molar-refractivity contribution is -0.385. The number of carbonyl (C=O) groups excluding carboxylic acids is 1. The molecule has 1 aromatic carbocycles. The third-order valence-electron chi connectivity index (χ3n) is 3.85. The van der Waals surface area contributed by atoms with Crippen molar-refractivity contribution in [3.05, 3.63) is 39.9 Å². The molecule has 21 heavy (non-hydrogen) atoms. The summed E-state index contributed by atoms with van der Waals surface area (Å²) >= 11 is 0. The Hall–Kier alpha value is -1.66. The lowest BCUT2D eigenvalue weighted by Crippen LogP contribution is -2.35. The average molecular weight is 314 g/mol. The van der Waals surface area contributed by atoms with Gasteiger partial charge in [-0.15, -0.1) is 12.4 Å². The number of hydrogen-bond acceptors (Lipinski definition) is 4. The van der Waals surface area contributed by atoms with Crippen LogP contribution in [-0.4, -0.2) is 34.9 Å². The number of halogens is 1. The van der Waals surface area contributed by atoms with E-state index in [1.54, 1.807) is 23.1 Å². The largest absolute Gasteiger partial charge is 0.339 e. The van der Waals surface area contributed by atoms with Crippen molar-refractivity contribution in [2.24, 2.45) is 11.7 Å². The van der Waals surface area contributed by atoms with Crippen LogP contribution >= 0.6 is 12.4 Å². The molecule has 1 amide bonds. The standard InChI is InChI=1S/C14H19N3O3.ClH/c1-10-6-11(8-15)9-16(10)14(18)7-12-4-2-3-5-13(12)17(19)20;/h2-5,10-11H,6-9,15H2,1H3;1H. The third kappa shape index (κ3) is 3.92. The van der Waals surface area contributed by atoms with Crippen LogP contribution in [0.4, 0.5) is 5.69 Å². The maximum Gasteiger partial charge on any atom is 0.273 e. The summed E-state index contributed by atoms with van der Waals surface area (Å²) in [5.74, 6) is 0.266. The third-order valence-corrected chi connectivity index (χ3v) is 3.85. The molecule has 0 aromatic heterocycles. The zero-order chi connectivity index (χ0) is 14.7. The number of nitrogens with zero attached hydrogens (tertiary/aromatic N) is 2. The van der Waals surface area contributed by atoms with Crippen molar-refractivity contribution in [3.8, 4) is 0 Å². The van der Waals surface area contributed by atoms with E-state index in [2.05, 4.69) is 0 Å². The van der Waals surface area contributed by atoms with Crippen LogP contribution in [0.2, 0.25) is 0 Å². The van der Waals surface area contributed by atoms with E-state index in [4.69, 9.17) is 5.73 Å². The van der Waals surface area contributed by atoms with E-state index in [0.29, 0.717) is 24.6 Å². The van der Waals surface area contributed by atoms with Crippen LogP contribution in [-0.2, 0) is 11.2 Å². The minimum Gasteiger partial charge on any atom is -0.339 e. The second-order valence-electron chi connectivity index (χ2n) is 5.30. The van der Waals surface area contributed by atoms with E-state index in [1.807, 2.05) is 6.92 Å². The molecule has 1 aliphatic heterocycles. The van der Waals surface area contributed by atoms with Crippen LogP contribution in [0.5, 0.6) is 0 Å². The highest BCUT2D eigenvalue weighted by Crippen LogP contribution is 2.25. The molecule has 6 nitrogen and oxygen atoms in total. The molecule has 7 heteroatoms. The smallest absolute Gasteiger partial charge is 0.273 e. The quantitative estimate of drug-likeness (QED) is 0.677. The van der Waals surface area contributed by atoms with Crippen molar-refractivity contribution in [2.75, 3.05) is 13.1 Å². The molecule has 0 bridgehead atoms. The summed E-state index contributed by atoms with van der Waals surface area (Å²) in [6.45, 7) is 3.21. The average Bonchev–Trinajstić information content (AvgIpc) is 2.80. The molecule has 0 spiro atoms. The van der Waals surface area contributed by atoms with Crippen molar-refractivity contribution >= 4 is 24.0 Å². The molecular weight excluding hydrogens is 294 g/mol. The summed E-state index contributed by atoms with van der Waals surface area (Å²) in [6, 6.07) is 6.54. The zero-order valence-electron chi connectivity index (χ0n) is 11.9. The predicted molar refractivity (Wildman–Crippen MR) is 82.4 cm³/mol. The molecule has 2 unspecified atom stereocenters. The van der Waals surface area contributed by atoms with E-state index in [1.165, 1.54) is 6.07 Å². The van der Waals surface area contributed by atoms with Gasteiger partial charge < -0.3 is 10.6 Å². The van der Waals surface area contributed by atoms with Gasteiger partial charge in [-0.05, 0) is 25.8 Å². The Labute approximate surface area is 129 Å². The molecule has 1 aromatic rings. The lowest BCUT2D eigenvalue weighted by atomic mass is 10.1. The van der Waals surface area contributed by atoms with Gasteiger partial charge in [0.2, 0.25) is 5.91 Å². The number of nitro benzene ring substituents is 1. The Morgan fingerprint density at radius 2 is 2.14 bits per heavy atom. The Morgan fingerprint density at radius 1 is 1.48 bits per heavy atom. The van der Waals surface area contributed by atoms with E-state index in [0.717, 1.165) is 6.42 Å². The van der Waals surface area contributed by atoms with E-state index < -0.39 is 4.92 Å². The van der Waals surface area contributed by atoms with Gasteiger partial charge in [0.15, 0.2) is 0 Å². The van der Waals surface area contributed by atoms with E-state index in [9.17, 15) is 14.9 Å². The molecule has 1 heterocycles. The SMILES string of the molecule is CC1CC(CN)CN1C(=O)Cc1ccccc1[N+](=O)[O-].Cl. The highest BCUT2D eigenvalue weighted by molar-refractivity contribution is 5.85. The molecule has 0 aliphatic carbocycles. The molecule has 1 fully saturated rings. The van der Waals surface area contributed by atoms with Gasteiger partial charge in [0.05, 0.1) is 11.3 Å². The van der Waals surface area contributed by atoms with Crippen LogP contribution in [0.15, 0.2) is 24.3 Å². The maximum atomic E-state index is 12.3. The van der Waals surface area contributed by atoms with Gasteiger partial charge >= 0.3 is 0 Å². The summed E-state index contributed by atoms with van der Waals surface area (Å²) in [5, 5.41) is 11.0. The van der Waals surface area contributed by atoms with Gasteiger partial charge in [-0.2, -0.15) is 0 Å². The molecule has 2 rings (SSSR count). The van der Waals surface area contributed by atoms with Gasteiger partial charge in [0.1, 0.15) is 0 Å². The molecule has 0 radical (unpaired) electrons. The number of likely N-dealkylation sites (tertiary alicyclic amines) is 1. The predicted octanol–water partition coefficient (Wildman–Crippen LogP) is 1.75. The second kappa shape index (κ2) is 7.38. The number of amides is 1. The Bertz CT molecular complexity index is 524. The molecule has 1 saturated heterocycles. The second-order valence-corrected chi connectivity index (χ2v) is 5.30. The zero-order valence-corrected chi connectivity index (χ0v) is 12.7. The summed E-state index contributed by atoms with van der Waals surface area (Å²) in [7, 11) is 0. The first-order valence-corrected chi connectivity index (χ1v) is 6.74. The van der Waals surface area contributed by atoms with Crippen LogP contribution in [0, 0.1) is 16.0 Å². The molecule has 1 aliphatic rings. The fraction of sp³-hybridized carbons (Fsp3) is 0.500. The van der Waals surface area contributed by atoms with E-state index in [-0.39, 0.29) is 36.5 Å². The topological polar surface area (TPSA) is 89.5 Å². The minimum absolute atomic E-state index is 0. The molecule has 0 saturated carbocycles. The van der Waals surface area contributed by atoms with Crippen molar-refractivity contribution in [3.63, 3.8) is 0 Å². The Morgan fingerprint density at radius 3 is 2.71 bits per heavy atom. The van der Waals surface area contributed by atoms with Crippen LogP contribution in [0.1, 0.15) is 18.9 Å². The lowest BCUT2D eigenvalue weighted by Gasteiger charge is -2.21. The minimum atomic E-state index is -0.446. The van der Waals surface area contributed by atoms with E-state index >= 15 is 0 Å². The Kier molecular flexibility index (Phi) is 6.11. The highest BCUT2D eigenvalue weighted by Gasteiger charge is 2.32. The summed E-state index contributed by atoms with van der Waals surface area (Å²) < 4.78 is 0. The molecule has 2 N–H and O–H groups in total. The Balaban J connectivity index is 0.00000220.